The third-order valence-corrected chi connectivity index (χ3v) is 7.77. The molecule has 0 aromatic heterocycles. The van der Waals surface area contributed by atoms with E-state index in [0.29, 0.717) is 0 Å². The Balaban J connectivity index is 1.75. The number of hydrogen-bond donors (Lipinski definition) is 1. The molecule has 0 radical (unpaired) electrons. The van der Waals surface area contributed by atoms with Crippen LogP contribution in [-0.4, -0.2) is 22.2 Å². The Labute approximate surface area is 225 Å². The molecule has 0 atom stereocenters. The van der Waals surface area contributed by atoms with Crippen LogP contribution in [0, 0.1) is 0 Å². The van der Waals surface area contributed by atoms with Gasteiger partial charge in [0, 0.05) is 5.70 Å². The SMILES string of the molecule is C[Si](C)(C)/N=C(/C=C(\N[Si](C)(C)C)c1ccc(-c2ccccc2)cc1)c1ccc(-c2ccccc2)cc1. The standard InChI is InChI=1S/C33H38N2Si2/c1-36(2,3)34-32(30-21-17-28(18-22-30)26-13-9-7-10-14-26)25-33(35-37(4,5)6)31-23-19-29(20-24-31)27-15-11-8-12-16-27/h7-25,34H,1-6H3/b32-25-,35-33-. The third kappa shape index (κ3) is 7.75. The molecule has 0 aliphatic carbocycles. The number of hydrogen-bond acceptors (Lipinski definition) is 2. The molecule has 4 heteroatoms. The van der Waals surface area contributed by atoms with Gasteiger partial charge in [0.2, 0.25) is 0 Å². The number of nitrogens with zero attached hydrogens (tertiary/aromatic N) is 1. The van der Waals surface area contributed by atoms with Gasteiger partial charge in [-0.05, 0) is 59.1 Å². The van der Waals surface area contributed by atoms with Crippen molar-refractivity contribution in [1.29, 1.82) is 0 Å². The molecular formula is C33H38N2Si2. The lowest BCUT2D eigenvalue weighted by Gasteiger charge is -2.24. The molecule has 0 aliphatic heterocycles. The summed E-state index contributed by atoms with van der Waals surface area (Å²) in [5.74, 6) is 0. The van der Waals surface area contributed by atoms with Crippen molar-refractivity contribution in [3.05, 3.63) is 126 Å². The van der Waals surface area contributed by atoms with E-state index in [1.165, 1.54) is 27.8 Å². The lowest BCUT2D eigenvalue weighted by Crippen LogP contribution is -2.40. The molecule has 4 aromatic carbocycles. The van der Waals surface area contributed by atoms with Crippen molar-refractivity contribution in [2.45, 2.75) is 39.3 Å². The topological polar surface area (TPSA) is 24.4 Å². The molecule has 0 fully saturated rings. The fourth-order valence-electron chi connectivity index (χ4n) is 4.21. The summed E-state index contributed by atoms with van der Waals surface area (Å²) in [4.78, 5) is 3.89. The number of nitrogens with one attached hydrogen (secondary N) is 1. The van der Waals surface area contributed by atoms with Gasteiger partial charge in [-0.25, -0.2) is 0 Å². The van der Waals surface area contributed by atoms with E-state index < -0.39 is 16.5 Å². The normalized spacial score (nSPS) is 12.9. The predicted molar refractivity (Wildman–Crippen MR) is 168 cm³/mol. The lowest BCUT2D eigenvalue weighted by atomic mass is 10.00. The maximum Gasteiger partial charge on any atom is 0.173 e. The van der Waals surface area contributed by atoms with Crippen molar-refractivity contribution in [2.75, 3.05) is 0 Å². The van der Waals surface area contributed by atoms with Crippen LogP contribution in [-0.2, 0) is 0 Å². The molecule has 0 amide bonds. The van der Waals surface area contributed by atoms with Gasteiger partial charge in [0.1, 0.15) is 8.24 Å². The summed E-state index contributed by atoms with van der Waals surface area (Å²) in [5.41, 5.74) is 9.44. The van der Waals surface area contributed by atoms with Crippen LogP contribution in [0.15, 0.2) is 120 Å². The highest BCUT2D eigenvalue weighted by atomic mass is 28.3. The second-order valence-corrected chi connectivity index (χ2v) is 20.8. The first kappa shape index (κ1) is 26.6. The van der Waals surface area contributed by atoms with Crippen molar-refractivity contribution in [3.63, 3.8) is 0 Å². The Morgan fingerprint density at radius 2 is 0.946 bits per heavy atom. The molecular weight excluding hydrogens is 481 g/mol. The van der Waals surface area contributed by atoms with Crippen LogP contribution in [0.25, 0.3) is 28.0 Å². The molecule has 0 heterocycles. The second-order valence-electron chi connectivity index (χ2n) is 11.5. The van der Waals surface area contributed by atoms with Gasteiger partial charge < -0.3 is 9.64 Å². The summed E-state index contributed by atoms with van der Waals surface area (Å²) in [6.07, 6.45) is 2.27. The minimum absolute atomic E-state index is 1.05. The van der Waals surface area contributed by atoms with Crippen molar-refractivity contribution < 1.29 is 0 Å². The van der Waals surface area contributed by atoms with Crippen molar-refractivity contribution in [3.8, 4) is 22.3 Å². The van der Waals surface area contributed by atoms with Crippen molar-refractivity contribution >= 4 is 27.9 Å². The third-order valence-electron chi connectivity index (χ3n) is 5.84. The molecule has 0 saturated heterocycles. The molecule has 0 saturated carbocycles. The zero-order valence-corrected chi connectivity index (χ0v) is 24.9. The summed E-state index contributed by atoms with van der Waals surface area (Å²) in [7, 11) is -3.36. The number of benzene rings is 4. The molecule has 4 rings (SSSR count). The molecule has 0 bridgehead atoms. The highest BCUT2D eigenvalue weighted by Crippen LogP contribution is 2.25. The van der Waals surface area contributed by atoms with Crippen LogP contribution in [0.2, 0.25) is 39.3 Å². The Bertz CT molecular complexity index is 1360. The first-order chi connectivity index (χ1) is 17.6. The average Bonchev–Trinajstić information content (AvgIpc) is 2.88. The zero-order chi connectivity index (χ0) is 26.5. The first-order valence-corrected chi connectivity index (χ1v) is 19.9. The fourth-order valence-corrected chi connectivity index (χ4v) is 6.15. The molecule has 4 aromatic rings. The molecule has 2 nitrogen and oxygen atoms in total. The van der Waals surface area contributed by atoms with Gasteiger partial charge >= 0.3 is 0 Å². The first-order valence-electron chi connectivity index (χ1n) is 13.0. The largest absolute Gasteiger partial charge is 0.410 e. The van der Waals surface area contributed by atoms with Gasteiger partial charge in [-0.1, -0.05) is 129 Å². The molecule has 0 spiro atoms. The molecule has 37 heavy (non-hydrogen) atoms. The summed E-state index contributed by atoms with van der Waals surface area (Å²) >= 11 is 0. The summed E-state index contributed by atoms with van der Waals surface area (Å²) in [6, 6.07) is 38.8. The highest BCUT2D eigenvalue weighted by Gasteiger charge is 2.19. The monoisotopic (exact) mass is 518 g/mol. The Morgan fingerprint density at radius 1 is 0.541 bits per heavy atom. The Hall–Kier alpha value is -3.48. The van der Waals surface area contributed by atoms with Gasteiger partial charge in [0.05, 0.1) is 5.71 Å². The quantitative estimate of drug-likeness (QED) is 0.182. The van der Waals surface area contributed by atoms with Gasteiger partial charge in [-0.3, -0.25) is 0 Å². The van der Waals surface area contributed by atoms with Gasteiger partial charge in [0.25, 0.3) is 0 Å². The van der Waals surface area contributed by atoms with Crippen LogP contribution in [0.4, 0.5) is 0 Å². The summed E-state index contributed by atoms with van der Waals surface area (Å²) in [5, 5.41) is 0. The Kier molecular flexibility index (Phi) is 8.11. The van der Waals surface area contributed by atoms with Gasteiger partial charge in [0.15, 0.2) is 8.24 Å². The van der Waals surface area contributed by atoms with E-state index in [9.17, 15) is 0 Å². The van der Waals surface area contributed by atoms with Crippen molar-refractivity contribution in [1.82, 2.24) is 4.98 Å². The smallest absolute Gasteiger partial charge is 0.173 e. The van der Waals surface area contributed by atoms with Crippen LogP contribution in [0.3, 0.4) is 0 Å². The molecule has 0 aliphatic rings. The Morgan fingerprint density at radius 3 is 1.35 bits per heavy atom. The predicted octanol–water partition coefficient (Wildman–Crippen LogP) is 9.11. The minimum Gasteiger partial charge on any atom is -0.410 e. The summed E-state index contributed by atoms with van der Waals surface area (Å²) < 4.78 is 5.30. The van der Waals surface area contributed by atoms with Crippen LogP contribution >= 0.6 is 0 Å². The van der Waals surface area contributed by atoms with E-state index in [2.05, 4.69) is 160 Å². The van der Waals surface area contributed by atoms with E-state index in [0.717, 1.165) is 17.0 Å². The maximum atomic E-state index is 5.30. The van der Waals surface area contributed by atoms with E-state index in [1.807, 2.05) is 0 Å². The molecule has 1 N–H and O–H groups in total. The van der Waals surface area contributed by atoms with Crippen LogP contribution < -0.4 is 4.98 Å². The molecule has 0 unspecified atom stereocenters. The van der Waals surface area contributed by atoms with E-state index in [-0.39, 0.29) is 0 Å². The van der Waals surface area contributed by atoms with Crippen LogP contribution in [0.5, 0.6) is 0 Å². The van der Waals surface area contributed by atoms with E-state index in [1.54, 1.807) is 0 Å². The van der Waals surface area contributed by atoms with Crippen LogP contribution in [0.1, 0.15) is 11.1 Å². The highest BCUT2D eigenvalue weighted by molar-refractivity contribution is 6.76. The van der Waals surface area contributed by atoms with E-state index >= 15 is 0 Å². The zero-order valence-electron chi connectivity index (χ0n) is 22.9. The second kappa shape index (κ2) is 11.3. The van der Waals surface area contributed by atoms with Gasteiger partial charge in [-0.15, -0.1) is 0 Å². The molecule has 188 valence electrons. The fraction of sp³-hybridized carbons (Fsp3) is 0.182. The van der Waals surface area contributed by atoms with E-state index in [4.69, 9.17) is 4.66 Å². The minimum atomic E-state index is -1.73. The summed E-state index contributed by atoms with van der Waals surface area (Å²) in [6.45, 7) is 13.9. The lowest BCUT2D eigenvalue weighted by molar-refractivity contribution is 1.27. The maximum absolute atomic E-state index is 5.30. The van der Waals surface area contributed by atoms with Gasteiger partial charge in [-0.2, -0.15) is 0 Å². The average molecular weight is 519 g/mol. The van der Waals surface area contributed by atoms with Crippen molar-refractivity contribution in [2.24, 2.45) is 4.66 Å². The number of rotatable bonds is 8. The number of allylic oxidation sites excluding steroid dienone is 1.